The lowest BCUT2D eigenvalue weighted by Gasteiger charge is -2.39. The summed E-state index contributed by atoms with van der Waals surface area (Å²) in [5, 5.41) is 45.6. The quantitative estimate of drug-likeness (QED) is 0.452. The van der Waals surface area contributed by atoms with Gasteiger partial charge in [0.1, 0.15) is 5.69 Å². The lowest BCUT2D eigenvalue weighted by atomic mass is 10.1. The van der Waals surface area contributed by atoms with Gasteiger partial charge in [0.2, 0.25) is 0 Å². The summed E-state index contributed by atoms with van der Waals surface area (Å²) in [7, 11) is 0. The molecule has 30 heavy (non-hydrogen) atoms. The van der Waals surface area contributed by atoms with Gasteiger partial charge < -0.3 is 26.3 Å². The van der Waals surface area contributed by atoms with E-state index in [1.165, 1.54) is 24.3 Å². The van der Waals surface area contributed by atoms with Crippen LogP contribution in [0.25, 0.3) is 0 Å². The molecule has 4 N–H and O–H groups in total. The van der Waals surface area contributed by atoms with Crippen LogP contribution in [0.5, 0.6) is 0 Å². The van der Waals surface area contributed by atoms with Crippen molar-refractivity contribution in [2.24, 2.45) is 0 Å². The fraction of sp³-hybridized carbons (Fsp3) is 0. The van der Waals surface area contributed by atoms with Gasteiger partial charge in [-0.2, -0.15) is 0 Å². The molecule has 3 aromatic rings. The third-order valence-electron chi connectivity index (χ3n) is 4.09. The van der Waals surface area contributed by atoms with E-state index < -0.39 is 28.4 Å². The number of carbonyl (C=O) groups is 2. The van der Waals surface area contributed by atoms with Crippen molar-refractivity contribution < 1.29 is 20.0 Å². The van der Waals surface area contributed by atoms with Gasteiger partial charge in [-0.3, -0.25) is 20.0 Å². The summed E-state index contributed by atoms with van der Waals surface area (Å²) in [5.74, 6) is -1.20. The molecule has 0 unspecified atom stereocenters. The first-order chi connectivity index (χ1) is 14.4. The van der Waals surface area contributed by atoms with Gasteiger partial charge in [-0.25, -0.2) is 0 Å². The molecule has 0 spiro atoms. The lowest BCUT2D eigenvalue weighted by Crippen LogP contribution is -2.20. The van der Waals surface area contributed by atoms with Crippen LogP contribution in [0, 0.1) is 10.4 Å². The lowest BCUT2D eigenvalue weighted by molar-refractivity contribution is 0.0296. The third kappa shape index (κ3) is 4.71. The van der Waals surface area contributed by atoms with Crippen LogP contribution in [0.15, 0.2) is 72.8 Å². The molecule has 0 aliphatic heterocycles. The van der Waals surface area contributed by atoms with Crippen LogP contribution in [-0.4, -0.2) is 22.2 Å². The minimum absolute atomic E-state index is 0.164. The standard InChI is InChI=1S/C20H16N4O6/c25-19(13-7-3-1-4-8-13)21-15-11-16(18(24(29)30)12-17(15)23(27)28)22-20(26)14-9-5-2-6-10-14/h1-12,27-28H,(H,21,25)(H,22,26)/q-2. The molecule has 0 radical (unpaired) electrons. The molecule has 3 rings (SSSR count). The summed E-state index contributed by atoms with van der Waals surface area (Å²) >= 11 is 0. The van der Waals surface area contributed by atoms with Gasteiger partial charge in [-0.05, 0) is 36.4 Å². The second kappa shape index (κ2) is 9.03. The molecule has 154 valence electrons. The van der Waals surface area contributed by atoms with Crippen molar-refractivity contribution in [3.8, 4) is 0 Å². The summed E-state index contributed by atoms with van der Waals surface area (Å²) in [5.41, 5.74) is -0.912. The number of nitrogens with one attached hydrogen (secondary N) is 2. The van der Waals surface area contributed by atoms with Gasteiger partial charge in [-0.1, -0.05) is 36.4 Å². The summed E-state index contributed by atoms with van der Waals surface area (Å²) in [6, 6.07) is 18.0. The van der Waals surface area contributed by atoms with E-state index in [0.717, 1.165) is 12.1 Å². The van der Waals surface area contributed by atoms with E-state index in [9.17, 15) is 30.4 Å². The highest BCUT2D eigenvalue weighted by Crippen LogP contribution is 2.37. The van der Waals surface area contributed by atoms with Crippen molar-refractivity contribution in [3.05, 3.63) is 94.3 Å². The Morgan fingerprint density at radius 2 is 1.13 bits per heavy atom. The number of hydrogen-bond donors (Lipinski definition) is 4. The Bertz CT molecular complexity index is 961. The Morgan fingerprint density at radius 1 is 0.700 bits per heavy atom. The first kappa shape index (κ1) is 20.8. The highest BCUT2D eigenvalue weighted by Gasteiger charge is 2.17. The molecule has 0 saturated heterocycles. The van der Waals surface area contributed by atoms with Crippen LogP contribution in [-0.2, 0) is 0 Å². The van der Waals surface area contributed by atoms with Crippen molar-refractivity contribution in [1.29, 1.82) is 0 Å². The normalized spacial score (nSPS) is 10.3. The highest BCUT2D eigenvalue weighted by molar-refractivity contribution is 6.09. The largest absolute Gasteiger partial charge is 0.769 e. The number of benzene rings is 3. The van der Waals surface area contributed by atoms with E-state index in [4.69, 9.17) is 0 Å². The molecule has 10 heteroatoms. The second-order valence-corrected chi connectivity index (χ2v) is 6.07. The molecule has 2 amide bonds. The SMILES string of the molecule is O=C(Nc1cc(NC(=O)c2ccccc2)c(N(O)O)cc1N([O-])[O-])c1ccccc1. The number of anilines is 4. The fourth-order valence-corrected chi connectivity index (χ4v) is 2.66. The Balaban J connectivity index is 1.99. The van der Waals surface area contributed by atoms with E-state index in [2.05, 4.69) is 10.6 Å². The van der Waals surface area contributed by atoms with Crippen molar-refractivity contribution >= 4 is 34.6 Å². The minimum atomic E-state index is -0.795. The van der Waals surface area contributed by atoms with Crippen LogP contribution in [0.1, 0.15) is 20.7 Å². The predicted molar refractivity (Wildman–Crippen MR) is 110 cm³/mol. The average Bonchev–Trinajstić information content (AvgIpc) is 2.74. The average molecular weight is 408 g/mol. The molecule has 0 fully saturated rings. The Hall–Kier alpha value is -3.96. The topological polar surface area (TPSA) is 151 Å². The summed E-state index contributed by atoms with van der Waals surface area (Å²) in [6.45, 7) is 0. The monoisotopic (exact) mass is 408 g/mol. The van der Waals surface area contributed by atoms with Crippen molar-refractivity contribution in [1.82, 2.24) is 0 Å². The number of carbonyl (C=O) groups excluding carboxylic acids is 2. The Morgan fingerprint density at radius 3 is 1.53 bits per heavy atom. The summed E-state index contributed by atoms with van der Waals surface area (Å²) < 4.78 is 0. The molecule has 0 heterocycles. The van der Waals surface area contributed by atoms with Crippen LogP contribution in [0.2, 0.25) is 0 Å². The third-order valence-corrected chi connectivity index (χ3v) is 4.09. The first-order valence-corrected chi connectivity index (χ1v) is 8.60. The molecule has 0 aliphatic rings. The minimum Gasteiger partial charge on any atom is -0.769 e. The molecule has 10 nitrogen and oxygen atoms in total. The van der Waals surface area contributed by atoms with Crippen LogP contribution >= 0.6 is 0 Å². The van der Waals surface area contributed by atoms with E-state index in [1.54, 1.807) is 36.4 Å². The van der Waals surface area contributed by atoms with E-state index in [0.29, 0.717) is 0 Å². The molecular formula is C20H16N4O6-2. The Labute approximate surface area is 170 Å². The van der Waals surface area contributed by atoms with Crippen molar-refractivity contribution in [2.45, 2.75) is 0 Å². The maximum absolute atomic E-state index is 12.4. The van der Waals surface area contributed by atoms with Gasteiger partial charge in [0.25, 0.3) is 11.8 Å². The molecule has 3 aromatic carbocycles. The molecule has 0 aromatic heterocycles. The van der Waals surface area contributed by atoms with E-state index in [-0.39, 0.29) is 27.7 Å². The van der Waals surface area contributed by atoms with Gasteiger partial charge >= 0.3 is 0 Å². The molecule has 0 atom stereocenters. The molecule has 0 bridgehead atoms. The van der Waals surface area contributed by atoms with E-state index >= 15 is 0 Å². The highest BCUT2D eigenvalue weighted by atomic mass is 16.8. The zero-order valence-electron chi connectivity index (χ0n) is 15.4. The zero-order valence-corrected chi connectivity index (χ0v) is 15.4. The maximum Gasteiger partial charge on any atom is 0.255 e. The summed E-state index contributed by atoms with van der Waals surface area (Å²) in [4.78, 5) is 24.9. The molecular weight excluding hydrogens is 392 g/mol. The molecule has 0 saturated carbocycles. The smallest absolute Gasteiger partial charge is 0.255 e. The van der Waals surface area contributed by atoms with Crippen LogP contribution < -0.4 is 21.1 Å². The Kier molecular flexibility index (Phi) is 6.25. The first-order valence-electron chi connectivity index (χ1n) is 8.60. The van der Waals surface area contributed by atoms with E-state index in [1.807, 2.05) is 0 Å². The number of rotatable bonds is 6. The van der Waals surface area contributed by atoms with Crippen LogP contribution in [0.4, 0.5) is 22.7 Å². The second-order valence-electron chi connectivity index (χ2n) is 6.07. The number of nitrogens with zero attached hydrogens (tertiary/aromatic N) is 2. The van der Waals surface area contributed by atoms with Gasteiger partial charge in [0.15, 0.2) is 0 Å². The van der Waals surface area contributed by atoms with Gasteiger partial charge in [-0.15, -0.1) is 5.23 Å². The van der Waals surface area contributed by atoms with Crippen molar-refractivity contribution in [3.63, 3.8) is 0 Å². The number of hydrogen-bond acceptors (Lipinski definition) is 8. The van der Waals surface area contributed by atoms with Gasteiger partial charge in [0, 0.05) is 16.8 Å². The van der Waals surface area contributed by atoms with Crippen molar-refractivity contribution in [2.75, 3.05) is 21.1 Å². The molecule has 0 aliphatic carbocycles. The van der Waals surface area contributed by atoms with Gasteiger partial charge in [0.05, 0.1) is 11.4 Å². The fourth-order valence-electron chi connectivity index (χ4n) is 2.66. The van der Waals surface area contributed by atoms with Crippen LogP contribution in [0.3, 0.4) is 0 Å². The summed E-state index contributed by atoms with van der Waals surface area (Å²) in [6.07, 6.45) is 0. The maximum atomic E-state index is 12.4. The predicted octanol–water partition coefficient (Wildman–Crippen LogP) is 3.58. The zero-order chi connectivity index (χ0) is 21.7. The number of amides is 2.